The zero-order chi connectivity index (χ0) is 18.1. The molecule has 1 aliphatic rings. The first kappa shape index (κ1) is 25.6. The Balaban J connectivity index is 0.00000338. The second kappa shape index (κ2) is 13.7. The average molecular weight is 421 g/mol. The maximum absolute atomic E-state index is 12.1. The van der Waals surface area contributed by atoms with Crippen LogP contribution in [0.5, 0.6) is 0 Å². The minimum Gasteiger partial charge on any atom is -0.379 e. The lowest BCUT2D eigenvalue weighted by Crippen LogP contribution is -2.38. The van der Waals surface area contributed by atoms with E-state index < -0.39 is 0 Å². The molecule has 154 valence electrons. The number of amides is 2. The maximum atomic E-state index is 12.1. The van der Waals surface area contributed by atoms with Crippen LogP contribution >= 0.6 is 24.8 Å². The summed E-state index contributed by atoms with van der Waals surface area (Å²) in [6, 6.07) is 7.50. The number of nitrogens with two attached hydrogens (primary N) is 1. The number of anilines is 1. The molecule has 1 atom stereocenters. The second-order valence-corrected chi connectivity index (χ2v) is 6.31. The molecule has 0 aliphatic carbocycles. The van der Waals surface area contributed by atoms with Crippen LogP contribution in [-0.4, -0.2) is 56.1 Å². The lowest BCUT2D eigenvalue weighted by Gasteiger charge is -2.26. The lowest BCUT2D eigenvalue weighted by molar-refractivity contribution is -0.124. The van der Waals surface area contributed by atoms with Gasteiger partial charge in [-0.25, -0.2) is 0 Å². The molecule has 2 amide bonds. The van der Waals surface area contributed by atoms with Gasteiger partial charge in [0.2, 0.25) is 11.8 Å². The quantitative estimate of drug-likeness (QED) is 0.590. The van der Waals surface area contributed by atoms with Crippen LogP contribution in [0.4, 0.5) is 5.69 Å². The van der Waals surface area contributed by atoms with Gasteiger partial charge in [0.25, 0.3) is 0 Å². The Morgan fingerprint density at radius 1 is 1.26 bits per heavy atom. The Labute approximate surface area is 173 Å². The number of halogens is 2. The van der Waals surface area contributed by atoms with Crippen LogP contribution in [0.3, 0.4) is 0 Å². The molecule has 1 aromatic rings. The van der Waals surface area contributed by atoms with Gasteiger partial charge in [0.15, 0.2) is 0 Å². The van der Waals surface area contributed by atoms with Crippen molar-refractivity contribution in [2.75, 3.05) is 44.7 Å². The zero-order valence-corrected chi connectivity index (χ0v) is 17.2. The van der Waals surface area contributed by atoms with E-state index in [1.165, 1.54) is 0 Å². The molecule has 1 aromatic carbocycles. The molecule has 1 heterocycles. The van der Waals surface area contributed by atoms with Crippen LogP contribution in [0.1, 0.15) is 18.9 Å². The average Bonchev–Trinajstić information content (AvgIpc) is 2.65. The number of nitrogens with one attached hydrogen (secondary N) is 2. The van der Waals surface area contributed by atoms with E-state index in [2.05, 4.69) is 15.5 Å². The number of morpholine rings is 1. The van der Waals surface area contributed by atoms with Gasteiger partial charge in [-0.05, 0) is 17.7 Å². The number of nitrogens with zero attached hydrogens (tertiary/aromatic N) is 1. The van der Waals surface area contributed by atoms with Gasteiger partial charge in [0, 0.05) is 50.7 Å². The molecule has 0 bridgehead atoms. The van der Waals surface area contributed by atoms with E-state index in [0.29, 0.717) is 19.5 Å². The second-order valence-electron chi connectivity index (χ2n) is 6.31. The van der Waals surface area contributed by atoms with Gasteiger partial charge in [-0.1, -0.05) is 19.1 Å². The Morgan fingerprint density at radius 2 is 1.96 bits per heavy atom. The van der Waals surface area contributed by atoms with Gasteiger partial charge in [0.05, 0.1) is 13.2 Å². The minimum absolute atomic E-state index is 0. The standard InChI is InChI=1S/C18H28N4O3.2ClH/c1-14(12-19)18(24)20-13-15-3-2-4-16(11-15)21-17(23)5-6-22-7-9-25-10-8-22;;/h2-4,11,14H,5-10,12-13,19H2,1H3,(H,20,24)(H,21,23);2*1H. The summed E-state index contributed by atoms with van der Waals surface area (Å²) in [5.74, 6) is -0.282. The molecule has 1 saturated heterocycles. The Kier molecular flexibility index (Phi) is 13.0. The Hall–Kier alpha value is -1.38. The predicted molar refractivity (Wildman–Crippen MR) is 112 cm³/mol. The highest BCUT2D eigenvalue weighted by molar-refractivity contribution is 5.90. The summed E-state index contributed by atoms with van der Waals surface area (Å²) >= 11 is 0. The number of hydrogen-bond acceptors (Lipinski definition) is 5. The molecule has 4 N–H and O–H groups in total. The van der Waals surface area contributed by atoms with E-state index in [1.54, 1.807) is 6.92 Å². The molecular formula is C18H30Cl2N4O3. The van der Waals surface area contributed by atoms with Crippen molar-refractivity contribution in [3.05, 3.63) is 29.8 Å². The summed E-state index contributed by atoms with van der Waals surface area (Å²) in [5, 5.41) is 5.76. The van der Waals surface area contributed by atoms with Crippen LogP contribution in [0, 0.1) is 5.92 Å². The third-order valence-electron chi connectivity index (χ3n) is 4.24. The van der Waals surface area contributed by atoms with Crippen LogP contribution in [0.2, 0.25) is 0 Å². The summed E-state index contributed by atoms with van der Waals surface area (Å²) in [6.07, 6.45) is 0.453. The summed E-state index contributed by atoms with van der Waals surface area (Å²) in [5.41, 5.74) is 7.16. The van der Waals surface area contributed by atoms with Crippen molar-refractivity contribution in [2.45, 2.75) is 19.9 Å². The monoisotopic (exact) mass is 420 g/mol. The largest absolute Gasteiger partial charge is 0.379 e. The number of carbonyl (C=O) groups excluding carboxylic acids is 2. The third-order valence-corrected chi connectivity index (χ3v) is 4.24. The highest BCUT2D eigenvalue weighted by Gasteiger charge is 2.12. The maximum Gasteiger partial charge on any atom is 0.225 e. The van der Waals surface area contributed by atoms with Crippen molar-refractivity contribution >= 4 is 42.3 Å². The SMILES string of the molecule is CC(CN)C(=O)NCc1cccc(NC(=O)CCN2CCOCC2)c1.Cl.Cl. The van der Waals surface area contributed by atoms with Crippen molar-refractivity contribution in [2.24, 2.45) is 11.7 Å². The molecular weight excluding hydrogens is 391 g/mol. The molecule has 9 heteroatoms. The van der Waals surface area contributed by atoms with E-state index >= 15 is 0 Å². The summed E-state index contributed by atoms with van der Waals surface area (Å²) in [6.45, 7) is 6.50. The Morgan fingerprint density at radius 3 is 2.63 bits per heavy atom. The highest BCUT2D eigenvalue weighted by atomic mass is 35.5. The number of benzene rings is 1. The fraction of sp³-hybridized carbons (Fsp3) is 0.556. The van der Waals surface area contributed by atoms with Gasteiger partial charge in [0.1, 0.15) is 0 Å². The van der Waals surface area contributed by atoms with Crippen molar-refractivity contribution in [1.82, 2.24) is 10.2 Å². The fourth-order valence-corrected chi connectivity index (χ4v) is 2.54. The minimum atomic E-state index is -0.205. The predicted octanol–water partition coefficient (Wildman–Crippen LogP) is 1.40. The van der Waals surface area contributed by atoms with E-state index in [9.17, 15) is 9.59 Å². The van der Waals surface area contributed by atoms with E-state index in [0.717, 1.165) is 44.1 Å². The zero-order valence-electron chi connectivity index (χ0n) is 15.6. The number of ether oxygens (including phenoxy) is 1. The van der Waals surface area contributed by atoms with Crippen molar-refractivity contribution in [3.63, 3.8) is 0 Å². The molecule has 1 fully saturated rings. The first-order chi connectivity index (χ1) is 12.1. The van der Waals surface area contributed by atoms with Gasteiger partial charge in [-0.2, -0.15) is 0 Å². The molecule has 2 rings (SSSR count). The van der Waals surface area contributed by atoms with Crippen LogP contribution in [-0.2, 0) is 20.9 Å². The lowest BCUT2D eigenvalue weighted by atomic mass is 10.1. The summed E-state index contributed by atoms with van der Waals surface area (Å²) in [4.78, 5) is 26.1. The molecule has 0 saturated carbocycles. The highest BCUT2D eigenvalue weighted by Crippen LogP contribution is 2.11. The number of rotatable bonds is 8. The van der Waals surface area contributed by atoms with E-state index in [4.69, 9.17) is 10.5 Å². The molecule has 27 heavy (non-hydrogen) atoms. The fourth-order valence-electron chi connectivity index (χ4n) is 2.54. The number of carbonyl (C=O) groups is 2. The summed E-state index contributed by atoms with van der Waals surface area (Å²) in [7, 11) is 0. The Bertz CT molecular complexity index is 583. The van der Waals surface area contributed by atoms with Crippen LogP contribution in [0.15, 0.2) is 24.3 Å². The molecule has 1 aliphatic heterocycles. The topological polar surface area (TPSA) is 96.7 Å². The van der Waals surface area contributed by atoms with Gasteiger partial charge >= 0.3 is 0 Å². The molecule has 1 unspecified atom stereocenters. The molecule has 0 radical (unpaired) electrons. The van der Waals surface area contributed by atoms with Gasteiger partial charge < -0.3 is 21.1 Å². The number of hydrogen-bond donors (Lipinski definition) is 3. The van der Waals surface area contributed by atoms with E-state index in [-0.39, 0.29) is 42.5 Å². The normalized spacial score (nSPS) is 15.0. The third kappa shape index (κ3) is 9.39. The molecule has 0 spiro atoms. The van der Waals surface area contributed by atoms with Crippen molar-refractivity contribution in [1.29, 1.82) is 0 Å². The summed E-state index contributed by atoms with van der Waals surface area (Å²) < 4.78 is 5.30. The first-order valence-corrected chi connectivity index (χ1v) is 8.75. The van der Waals surface area contributed by atoms with Gasteiger partial charge in [-0.15, -0.1) is 24.8 Å². The van der Waals surface area contributed by atoms with Crippen LogP contribution < -0.4 is 16.4 Å². The van der Waals surface area contributed by atoms with Gasteiger partial charge in [-0.3, -0.25) is 14.5 Å². The van der Waals surface area contributed by atoms with Crippen molar-refractivity contribution < 1.29 is 14.3 Å². The van der Waals surface area contributed by atoms with E-state index in [1.807, 2.05) is 24.3 Å². The first-order valence-electron chi connectivity index (χ1n) is 8.75. The smallest absolute Gasteiger partial charge is 0.225 e. The molecule has 7 nitrogen and oxygen atoms in total. The molecule has 0 aromatic heterocycles. The van der Waals surface area contributed by atoms with Crippen molar-refractivity contribution in [3.8, 4) is 0 Å². The van der Waals surface area contributed by atoms with Crippen LogP contribution in [0.25, 0.3) is 0 Å².